The molecule has 1 aromatic rings. The third kappa shape index (κ3) is 2.77. The summed E-state index contributed by atoms with van der Waals surface area (Å²) in [5.74, 6) is 0.864. The number of nitrogens with two attached hydrogens (primary N) is 1. The lowest BCUT2D eigenvalue weighted by Gasteiger charge is -2.26. The van der Waals surface area contributed by atoms with E-state index in [4.69, 9.17) is 10.8 Å². The fourth-order valence-corrected chi connectivity index (χ4v) is 2.90. The number of aryl methyl sites for hydroxylation is 1. The van der Waals surface area contributed by atoms with Gasteiger partial charge in [-0.1, -0.05) is 20.3 Å². The van der Waals surface area contributed by atoms with Gasteiger partial charge in [0.05, 0.1) is 5.69 Å². The predicted molar refractivity (Wildman–Crippen MR) is 75.7 cm³/mol. The summed E-state index contributed by atoms with van der Waals surface area (Å²) in [4.78, 5) is 0. The molecule has 0 saturated heterocycles. The van der Waals surface area contributed by atoms with Crippen LogP contribution in [-0.4, -0.2) is 15.8 Å². The summed E-state index contributed by atoms with van der Waals surface area (Å²) in [5, 5.41) is 4.84. The van der Waals surface area contributed by atoms with E-state index >= 15 is 0 Å². The highest BCUT2D eigenvalue weighted by molar-refractivity contribution is 5.28. The van der Waals surface area contributed by atoms with Crippen molar-refractivity contribution < 1.29 is 0 Å². The average molecular weight is 249 g/mol. The van der Waals surface area contributed by atoms with E-state index < -0.39 is 0 Å². The van der Waals surface area contributed by atoms with Crippen molar-refractivity contribution in [2.24, 2.45) is 11.7 Å². The van der Waals surface area contributed by atoms with Crippen LogP contribution in [0.25, 0.3) is 0 Å². The van der Waals surface area contributed by atoms with E-state index in [-0.39, 0.29) is 6.04 Å². The van der Waals surface area contributed by atoms with E-state index in [1.165, 1.54) is 36.2 Å². The number of hydrogen-bond acceptors (Lipinski definition) is 2. The molecule has 1 saturated carbocycles. The fourth-order valence-electron chi connectivity index (χ4n) is 2.90. The Hall–Kier alpha value is -0.830. The Bertz CT molecular complexity index is 389. The summed E-state index contributed by atoms with van der Waals surface area (Å²) in [6.45, 7) is 7.63. The molecule has 18 heavy (non-hydrogen) atoms. The second-order valence-corrected chi connectivity index (χ2v) is 5.74. The first-order valence-corrected chi connectivity index (χ1v) is 7.48. The predicted octanol–water partition coefficient (Wildman–Crippen LogP) is 2.70. The molecule has 1 aliphatic carbocycles. The molecule has 1 atom stereocenters. The van der Waals surface area contributed by atoms with Crippen molar-refractivity contribution in [3.05, 3.63) is 17.0 Å². The van der Waals surface area contributed by atoms with Crippen LogP contribution in [0, 0.1) is 5.92 Å². The fraction of sp³-hybridized carbons (Fsp3) is 0.800. The highest BCUT2D eigenvalue weighted by Crippen LogP contribution is 2.29. The Labute approximate surface area is 111 Å². The maximum atomic E-state index is 5.98. The van der Waals surface area contributed by atoms with Crippen LogP contribution in [0.2, 0.25) is 0 Å². The Kier molecular flexibility index (Phi) is 4.44. The largest absolute Gasteiger partial charge is 0.328 e. The molecular formula is C15H27N3. The third-order valence-electron chi connectivity index (χ3n) is 4.10. The molecule has 1 heterocycles. The molecule has 0 aliphatic heterocycles. The molecule has 0 amide bonds. The lowest BCUT2D eigenvalue weighted by Crippen LogP contribution is -2.21. The molecule has 3 heteroatoms. The van der Waals surface area contributed by atoms with Gasteiger partial charge in [-0.3, -0.25) is 4.68 Å². The van der Waals surface area contributed by atoms with Crippen molar-refractivity contribution in [3.8, 4) is 0 Å². The zero-order valence-electron chi connectivity index (χ0n) is 12.1. The van der Waals surface area contributed by atoms with Crippen molar-refractivity contribution in [1.82, 2.24) is 9.78 Å². The number of rotatable bonds is 6. The first-order chi connectivity index (χ1) is 8.65. The van der Waals surface area contributed by atoms with Crippen LogP contribution >= 0.6 is 0 Å². The highest BCUT2D eigenvalue weighted by atomic mass is 15.3. The summed E-state index contributed by atoms with van der Waals surface area (Å²) in [6.07, 6.45) is 7.23. The second kappa shape index (κ2) is 5.87. The van der Waals surface area contributed by atoms with Gasteiger partial charge in [0.2, 0.25) is 0 Å². The summed E-state index contributed by atoms with van der Waals surface area (Å²) in [5.41, 5.74) is 10.1. The summed E-state index contributed by atoms with van der Waals surface area (Å²) < 4.78 is 2.28. The molecule has 2 rings (SSSR count). The SMILES string of the molecule is CCc1nn(CC2CCC2)c(CC)c1CC(C)N. The highest BCUT2D eigenvalue weighted by Gasteiger charge is 2.22. The van der Waals surface area contributed by atoms with Gasteiger partial charge >= 0.3 is 0 Å². The van der Waals surface area contributed by atoms with Gasteiger partial charge in [0.25, 0.3) is 0 Å². The minimum absolute atomic E-state index is 0.224. The van der Waals surface area contributed by atoms with Crippen molar-refractivity contribution in [2.45, 2.75) is 71.9 Å². The molecule has 0 bridgehead atoms. The molecule has 102 valence electrons. The van der Waals surface area contributed by atoms with Gasteiger partial charge < -0.3 is 5.73 Å². The van der Waals surface area contributed by atoms with Crippen molar-refractivity contribution in [2.75, 3.05) is 0 Å². The van der Waals surface area contributed by atoms with Crippen molar-refractivity contribution >= 4 is 0 Å². The van der Waals surface area contributed by atoms with Gasteiger partial charge in [-0.15, -0.1) is 0 Å². The van der Waals surface area contributed by atoms with E-state index in [9.17, 15) is 0 Å². The Morgan fingerprint density at radius 2 is 2.06 bits per heavy atom. The summed E-state index contributed by atoms with van der Waals surface area (Å²) >= 11 is 0. The van der Waals surface area contributed by atoms with Gasteiger partial charge in [-0.05, 0) is 50.5 Å². The maximum absolute atomic E-state index is 5.98. The zero-order valence-corrected chi connectivity index (χ0v) is 12.1. The Morgan fingerprint density at radius 3 is 2.50 bits per heavy atom. The van der Waals surface area contributed by atoms with Crippen molar-refractivity contribution in [1.29, 1.82) is 0 Å². The molecule has 1 aromatic heterocycles. The van der Waals surface area contributed by atoms with Crippen LogP contribution in [0.15, 0.2) is 0 Å². The first kappa shape index (κ1) is 13.6. The molecule has 2 N–H and O–H groups in total. The van der Waals surface area contributed by atoms with Gasteiger partial charge in [0.15, 0.2) is 0 Å². The van der Waals surface area contributed by atoms with Crippen LogP contribution in [0.4, 0.5) is 0 Å². The van der Waals surface area contributed by atoms with Gasteiger partial charge in [0.1, 0.15) is 0 Å². The van der Waals surface area contributed by atoms with E-state index in [0.717, 1.165) is 31.7 Å². The lowest BCUT2D eigenvalue weighted by atomic mass is 9.85. The number of hydrogen-bond donors (Lipinski definition) is 1. The summed E-state index contributed by atoms with van der Waals surface area (Å²) in [7, 11) is 0. The quantitative estimate of drug-likeness (QED) is 0.842. The third-order valence-corrected chi connectivity index (χ3v) is 4.10. The molecule has 1 aliphatic rings. The molecular weight excluding hydrogens is 222 g/mol. The number of nitrogens with zero attached hydrogens (tertiary/aromatic N) is 2. The minimum Gasteiger partial charge on any atom is -0.328 e. The average Bonchev–Trinajstić information content (AvgIpc) is 2.60. The second-order valence-electron chi connectivity index (χ2n) is 5.74. The number of aromatic nitrogens is 2. The Morgan fingerprint density at radius 1 is 1.33 bits per heavy atom. The van der Waals surface area contributed by atoms with Gasteiger partial charge in [0, 0.05) is 18.3 Å². The molecule has 3 nitrogen and oxygen atoms in total. The molecule has 0 aromatic carbocycles. The van der Waals surface area contributed by atoms with Gasteiger partial charge in [-0.25, -0.2) is 0 Å². The van der Waals surface area contributed by atoms with Crippen LogP contribution in [0.3, 0.4) is 0 Å². The molecule has 1 unspecified atom stereocenters. The molecule has 1 fully saturated rings. The summed E-state index contributed by atoms with van der Waals surface area (Å²) in [6, 6.07) is 0.224. The van der Waals surface area contributed by atoms with Crippen LogP contribution in [0.5, 0.6) is 0 Å². The zero-order chi connectivity index (χ0) is 13.1. The van der Waals surface area contributed by atoms with Gasteiger partial charge in [-0.2, -0.15) is 5.10 Å². The van der Waals surface area contributed by atoms with E-state index in [0.29, 0.717) is 0 Å². The maximum Gasteiger partial charge on any atom is 0.0657 e. The van der Waals surface area contributed by atoms with Crippen LogP contribution < -0.4 is 5.73 Å². The van der Waals surface area contributed by atoms with E-state index in [1.54, 1.807) is 0 Å². The normalized spacial score (nSPS) is 17.8. The topological polar surface area (TPSA) is 43.8 Å². The van der Waals surface area contributed by atoms with E-state index in [2.05, 4.69) is 25.5 Å². The van der Waals surface area contributed by atoms with Crippen molar-refractivity contribution in [3.63, 3.8) is 0 Å². The minimum atomic E-state index is 0.224. The first-order valence-electron chi connectivity index (χ1n) is 7.48. The Balaban J connectivity index is 2.24. The van der Waals surface area contributed by atoms with Crippen LogP contribution in [0.1, 0.15) is 57.0 Å². The smallest absolute Gasteiger partial charge is 0.0657 e. The van der Waals surface area contributed by atoms with E-state index in [1.807, 2.05) is 0 Å². The van der Waals surface area contributed by atoms with Crippen LogP contribution in [-0.2, 0) is 25.8 Å². The standard InChI is InChI=1S/C15H27N3/c1-4-14-13(9-11(3)16)15(5-2)18(17-14)10-12-7-6-8-12/h11-12H,4-10,16H2,1-3H3. The molecule has 0 radical (unpaired) electrons. The molecule has 0 spiro atoms. The lowest BCUT2D eigenvalue weighted by molar-refractivity contribution is 0.263. The monoisotopic (exact) mass is 249 g/mol.